The van der Waals surface area contributed by atoms with Crippen molar-refractivity contribution in [2.75, 3.05) is 26.3 Å². The summed E-state index contributed by atoms with van der Waals surface area (Å²) in [5, 5.41) is 10.1. The van der Waals surface area contributed by atoms with E-state index in [0.29, 0.717) is 31.2 Å². The van der Waals surface area contributed by atoms with Crippen molar-refractivity contribution < 1.29 is 14.2 Å². The van der Waals surface area contributed by atoms with Gasteiger partial charge in [0, 0.05) is 13.1 Å². The van der Waals surface area contributed by atoms with Crippen molar-refractivity contribution >= 4 is 0 Å². The van der Waals surface area contributed by atoms with Gasteiger partial charge in [0.05, 0.1) is 25.4 Å². The number of aliphatic hydroxyl groups excluding tert-OH is 1. The van der Waals surface area contributed by atoms with Crippen LogP contribution in [-0.2, 0) is 4.74 Å². The van der Waals surface area contributed by atoms with Gasteiger partial charge in [-0.3, -0.25) is 4.90 Å². The van der Waals surface area contributed by atoms with Gasteiger partial charge in [0.15, 0.2) is 0 Å². The Labute approximate surface area is 121 Å². The molecule has 3 atom stereocenters. The van der Waals surface area contributed by atoms with E-state index in [4.69, 9.17) is 4.74 Å². The van der Waals surface area contributed by atoms with E-state index in [1.54, 1.807) is 0 Å². The van der Waals surface area contributed by atoms with Crippen molar-refractivity contribution in [2.24, 2.45) is 11.8 Å². The van der Waals surface area contributed by atoms with E-state index in [1.165, 1.54) is 0 Å². The third kappa shape index (κ3) is 3.18. The lowest BCUT2D eigenvalue weighted by Crippen LogP contribution is -2.54. The van der Waals surface area contributed by atoms with E-state index in [9.17, 15) is 5.11 Å². The van der Waals surface area contributed by atoms with Crippen LogP contribution in [0.1, 0.15) is 45.4 Å². The zero-order chi connectivity index (χ0) is 14.2. The Morgan fingerprint density at radius 3 is 2.55 bits per heavy atom. The summed E-state index contributed by atoms with van der Waals surface area (Å²) in [6, 6.07) is 0.528. The minimum absolute atomic E-state index is 0.169. The zero-order valence-corrected chi connectivity index (χ0v) is 12.6. The number of ether oxygens (including phenoxy) is 1. The molecule has 0 spiro atoms. The lowest BCUT2D eigenvalue weighted by Gasteiger charge is -2.45. The van der Waals surface area contributed by atoms with Crippen LogP contribution in [0.5, 0.6) is 0 Å². The van der Waals surface area contributed by atoms with Crippen molar-refractivity contribution in [1.29, 1.82) is 0 Å². The second-order valence-electron chi connectivity index (χ2n) is 7.33. The summed E-state index contributed by atoms with van der Waals surface area (Å²) in [4.78, 5) is 2.38. The van der Waals surface area contributed by atoms with E-state index >= 15 is 4.39 Å². The predicted octanol–water partition coefficient (Wildman–Crippen LogP) is 2.38. The molecule has 116 valence electrons. The molecule has 1 saturated carbocycles. The number of aliphatic hydroxyl groups is 1. The summed E-state index contributed by atoms with van der Waals surface area (Å²) >= 11 is 0. The van der Waals surface area contributed by atoms with Gasteiger partial charge >= 0.3 is 0 Å². The molecule has 0 amide bonds. The Morgan fingerprint density at radius 1 is 1.25 bits per heavy atom. The van der Waals surface area contributed by atoms with Crippen molar-refractivity contribution in [2.45, 2.75) is 63.3 Å². The van der Waals surface area contributed by atoms with Crippen LogP contribution in [0.4, 0.5) is 4.39 Å². The molecule has 1 N–H and O–H groups in total. The van der Waals surface area contributed by atoms with Crippen LogP contribution < -0.4 is 0 Å². The Kier molecular flexibility index (Phi) is 4.34. The first-order valence-corrected chi connectivity index (χ1v) is 8.24. The third-order valence-electron chi connectivity index (χ3n) is 5.66. The number of halogens is 1. The first-order chi connectivity index (χ1) is 9.56. The maximum Gasteiger partial charge on any atom is 0.113 e. The summed E-state index contributed by atoms with van der Waals surface area (Å²) in [5.41, 5.74) is -1.05. The van der Waals surface area contributed by atoms with Crippen molar-refractivity contribution in [1.82, 2.24) is 4.90 Å². The minimum Gasteiger partial charge on any atom is -0.393 e. The molecule has 0 aromatic heterocycles. The second kappa shape index (κ2) is 5.90. The van der Waals surface area contributed by atoms with Gasteiger partial charge in [0.1, 0.15) is 5.67 Å². The van der Waals surface area contributed by atoms with Gasteiger partial charge < -0.3 is 9.84 Å². The summed E-state index contributed by atoms with van der Waals surface area (Å²) < 4.78 is 20.3. The van der Waals surface area contributed by atoms with Crippen LogP contribution in [0, 0.1) is 11.8 Å². The predicted molar refractivity (Wildman–Crippen MR) is 76.4 cm³/mol. The Hall–Kier alpha value is -0.190. The number of piperidine rings is 1. The number of rotatable bonds is 3. The molecule has 2 aliphatic heterocycles. The maximum absolute atomic E-state index is 15.0. The number of alkyl halides is 1. The molecule has 1 aliphatic carbocycles. The topological polar surface area (TPSA) is 32.7 Å². The van der Waals surface area contributed by atoms with E-state index in [1.807, 2.05) is 0 Å². The quantitative estimate of drug-likeness (QED) is 0.864. The highest BCUT2D eigenvalue weighted by molar-refractivity contribution is 4.93. The van der Waals surface area contributed by atoms with Crippen LogP contribution in [0.2, 0.25) is 0 Å². The van der Waals surface area contributed by atoms with Gasteiger partial charge in [-0.25, -0.2) is 4.39 Å². The molecule has 4 heteroatoms. The molecule has 0 bridgehead atoms. The Bertz CT molecular complexity index is 326. The normalized spacial score (nSPS) is 39.5. The molecular weight excluding hydrogens is 257 g/mol. The number of likely N-dealkylation sites (tertiary alicyclic amines) is 1. The van der Waals surface area contributed by atoms with Gasteiger partial charge in [-0.2, -0.15) is 0 Å². The Balaban J connectivity index is 1.51. The molecule has 20 heavy (non-hydrogen) atoms. The Morgan fingerprint density at radius 2 is 1.95 bits per heavy atom. The average Bonchev–Trinajstić information content (AvgIpc) is 2.35. The molecule has 3 fully saturated rings. The van der Waals surface area contributed by atoms with Crippen LogP contribution in [-0.4, -0.2) is 54.1 Å². The summed E-state index contributed by atoms with van der Waals surface area (Å²) in [6.07, 6.45) is 4.47. The minimum atomic E-state index is -1.05. The molecule has 3 nitrogen and oxygen atoms in total. The van der Waals surface area contributed by atoms with E-state index in [2.05, 4.69) is 11.8 Å². The monoisotopic (exact) mass is 285 g/mol. The molecular formula is C16H28FNO2. The molecule has 2 heterocycles. The fourth-order valence-corrected chi connectivity index (χ4v) is 4.10. The van der Waals surface area contributed by atoms with Gasteiger partial charge in [0.2, 0.25) is 0 Å². The number of hydrogen-bond donors (Lipinski definition) is 1. The van der Waals surface area contributed by atoms with Crippen molar-refractivity contribution in [3.8, 4) is 0 Å². The van der Waals surface area contributed by atoms with Crippen LogP contribution in [0.25, 0.3) is 0 Å². The summed E-state index contributed by atoms with van der Waals surface area (Å²) in [7, 11) is 0. The molecule has 0 aromatic carbocycles. The van der Waals surface area contributed by atoms with Crippen molar-refractivity contribution in [3.05, 3.63) is 0 Å². The van der Waals surface area contributed by atoms with E-state index < -0.39 is 5.67 Å². The van der Waals surface area contributed by atoms with Gasteiger partial charge in [-0.05, 0) is 50.4 Å². The first kappa shape index (κ1) is 14.7. The zero-order valence-electron chi connectivity index (χ0n) is 12.6. The smallest absolute Gasteiger partial charge is 0.113 e. The van der Waals surface area contributed by atoms with Crippen LogP contribution in [0.15, 0.2) is 0 Å². The number of hydrogen-bond acceptors (Lipinski definition) is 3. The standard InChI is InChI=1S/C16H28FNO2/c1-12-2-3-15(19)13(8-12)9-16(17)4-6-18(7-5-16)14-10-20-11-14/h12-15,19H,2-11H2,1H3/t12-,13?,15-/m0/s1. The first-order valence-electron chi connectivity index (χ1n) is 8.24. The lowest BCUT2D eigenvalue weighted by atomic mass is 9.73. The summed E-state index contributed by atoms with van der Waals surface area (Å²) in [5.74, 6) is 0.807. The van der Waals surface area contributed by atoms with Gasteiger partial charge in [-0.15, -0.1) is 0 Å². The van der Waals surface area contributed by atoms with Gasteiger partial charge in [0.25, 0.3) is 0 Å². The van der Waals surface area contributed by atoms with E-state index in [0.717, 1.165) is 45.6 Å². The molecule has 3 aliphatic rings. The van der Waals surface area contributed by atoms with Gasteiger partial charge in [-0.1, -0.05) is 6.92 Å². The molecule has 0 radical (unpaired) electrons. The highest BCUT2D eigenvalue weighted by Gasteiger charge is 2.41. The van der Waals surface area contributed by atoms with Crippen LogP contribution >= 0.6 is 0 Å². The molecule has 1 unspecified atom stereocenters. The average molecular weight is 285 g/mol. The van der Waals surface area contributed by atoms with Crippen LogP contribution in [0.3, 0.4) is 0 Å². The molecule has 0 aromatic rings. The fraction of sp³-hybridized carbons (Fsp3) is 1.00. The molecule has 2 saturated heterocycles. The highest BCUT2D eigenvalue weighted by atomic mass is 19.1. The third-order valence-corrected chi connectivity index (χ3v) is 5.66. The summed E-state index contributed by atoms with van der Waals surface area (Å²) in [6.45, 7) is 5.56. The lowest BCUT2D eigenvalue weighted by molar-refractivity contribution is -0.0909. The highest BCUT2D eigenvalue weighted by Crippen LogP contribution is 2.40. The van der Waals surface area contributed by atoms with Crippen molar-refractivity contribution in [3.63, 3.8) is 0 Å². The second-order valence-corrected chi connectivity index (χ2v) is 7.33. The largest absolute Gasteiger partial charge is 0.393 e. The fourth-order valence-electron chi connectivity index (χ4n) is 4.10. The van der Waals surface area contributed by atoms with E-state index in [-0.39, 0.29) is 12.0 Å². The number of nitrogens with zero attached hydrogens (tertiary/aromatic N) is 1. The molecule has 3 rings (SSSR count). The maximum atomic E-state index is 15.0. The SMILES string of the molecule is C[C@H]1CC[C@H](O)C(CC2(F)CCN(C3COC3)CC2)C1.